The number of aliphatic carboxylic acids is 1. The molecule has 8 heteroatoms. The molecule has 1 saturated heterocycles. The van der Waals surface area contributed by atoms with E-state index in [-0.39, 0.29) is 5.41 Å². The summed E-state index contributed by atoms with van der Waals surface area (Å²) in [7, 11) is 0. The van der Waals surface area contributed by atoms with Crippen LogP contribution in [0.5, 0.6) is 5.75 Å². The van der Waals surface area contributed by atoms with E-state index < -0.39 is 42.3 Å². The van der Waals surface area contributed by atoms with E-state index in [2.05, 4.69) is 12.8 Å². The van der Waals surface area contributed by atoms with E-state index in [9.17, 15) is 30.3 Å². The zero-order valence-electron chi connectivity index (χ0n) is 19.1. The molecule has 0 amide bonds. The quantitative estimate of drug-likeness (QED) is 0.414. The van der Waals surface area contributed by atoms with Crippen LogP contribution in [-0.4, -0.2) is 67.8 Å². The van der Waals surface area contributed by atoms with Gasteiger partial charge in [-0.15, -0.1) is 6.42 Å². The van der Waals surface area contributed by atoms with E-state index in [1.54, 1.807) is 6.07 Å². The van der Waals surface area contributed by atoms with Crippen molar-refractivity contribution in [1.82, 2.24) is 0 Å². The second-order valence-electron chi connectivity index (χ2n) is 10.6. The summed E-state index contributed by atoms with van der Waals surface area (Å²) in [6, 6.07) is 5.67. The highest BCUT2D eigenvalue weighted by Crippen LogP contribution is 2.64. The van der Waals surface area contributed by atoms with Crippen LogP contribution >= 0.6 is 0 Å². The smallest absolute Gasteiger partial charge is 0.335 e. The molecule has 0 radical (unpaired) electrons. The first kappa shape index (κ1) is 23.6. The van der Waals surface area contributed by atoms with Crippen LogP contribution in [0.4, 0.5) is 0 Å². The van der Waals surface area contributed by atoms with Crippen molar-refractivity contribution < 1.29 is 39.8 Å². The summed E-state index contributed by atoms with van der Waals surface area (Å²) in [6.07, 6.45) is 2.78. The van der Waals surface area contributed by atoms with Crippen LogP contribution in [-0.2, 0) is 16.0 Å². The number of rotatable bonds is 3. The lowest BCUT2D eigenvalue weighted by Crippen LogP contribution is -2.61. The predicted molar refractivity (Wildman–Crippen MR) is 120 cm³/mol. The molecule has 0 unspecified atom stereocenters. The monoisotopic (exact) mass is 472 g/mol. The lowest BCUT2D eigenvalue weighted by molar-refractivity contribution is -0.271. The molecule has 1 heterocycles. The van der Waals surface area contributed by atoms with Gasteiger partial charge in [-0.25, -0.2) is 4.79 Å². The van der Waals surface area contributed by atoms with Crippen LogP contribution in [0.1, 0.15) is 56.1 Å². The Morgan fingerprint density at radius 2 is 1.91 bits per heavy atom. The van der Waals surface area contributed by atoms with Crippen LogP contribution in [0.25, 0.3) is 0 Å². The highest BCUT2D eigenvalue weighted by Gasteiger charge is 2.61. The number of aliphatic hydroxyl groups is 4. The molecule has 1 aliphatic heterocycles. The van der Waals surface area contributed by atoms with E-state index in [1.165, 1.54) is 5.56 Å². The Balaban J connectivity index is 1.35. The molecule has 10 atom stereocenters. The SMILES string of the molecule is C#C[C@]1(O)CC[C@H]2[C@@H]3CCc4cc(O[C@@H]5O[C@@H](C(=O)O)[C@@H](O)[C@H](O)[C@@H]5O)ccc4[C@H]3CC[C@@]21C. The van der Waals surface area contributed by atoms with Gasteiger partial charge in [-0.1, -0.05) is 18.9 Å². The Hall–Kier alpha value is -2.15. The first-order valence-electron chi connectivity index (χ1n) is 12.0. The number of carboxylic acids is 1. The minimum Gasteiger partial charge on any atom is -0.479 e. The van der Waals surface area contributed by atoms with Crippen molar-refractivity contribution in [3.05, 3.63) is 29.3 Å². The number of ether oxygens (including phenoxy) is 2. The molecule has 0 aromatic heterocycles. The zero-order chi connectivity index (χ0) is 24.4. The van der Waals surface area contributed by atoms with Gasteiger partial charge in [0.15, 0.2) is 6.10 Å². The first-order chi connectivity index (χ1) is 16.1. The summed E-state index contributed by atoms with van der Waals surface area (Å²) in [5, 5.41) is 50.5. The van der Waals surface area contributed by atoms with E-state index in [0.29, 0.717) is 29.9 Å². The fraction of sp³-hybridized carbons (Fsp3) is 0.654. The molecule has 184 valence electrons. The van der Waals surface area contributed by atoms with Crippen molar-refractivity contribution in [1.29, 1.82) is 0 Å². The standard InChI is InChI=1S/C26H32O8/c1-3-26(32)11-9-18-17-6-4-13-12-14(5-7-15(13)16(17)8-10-25(18,26)2)33-24-21(29)19(27)20(28)22(34-24)23(30)31/h1,5,7,12,16-22,24,27-29,32H,4,6,8-11H2,2H3,(H,30,31)/t16-,17-,18+,19+,20+,21+,22-,24-,25+,26+/m1/s1. The van der Waals surface area contributed by atoms with Crippen molar-refractivity contribution in [3.8, 4) is 18.1 Å². The lowest BCUT2D eigenvalue weighted by Gasteiger charge is -2.52. The molecule has 3 fully saturated rings. The van der Waals surface area contributed by atoms with Gasteiger partial charge in [0.2, 0.25) is 6.29 Å². The maximum absolute atomic E-state index is 11.3. The average molecular weight is 473 g/mol. The molecular formula is C26H32O8. The van der Waals surface area contributed by atoms with Crippen LogP contribution < -0.4 is 4.74 Å². The number of hydrogen-bond donors (Lipinski definition) is 5. The Morgan fingerprint density at radius 1 is 1.15 bits per heavy atom. The average Bonchev–Trinajstić information content (AvgIpc) is 3.10. The van der Waals surface area contributed by atoms with Gasteiger partial charge in [-0.3, -0.25) is 0 Å². The molecule has 1 aromatic carbocycles. The second kappa shape index (κ2) is 8.21. The van der Waals surface area contributed by atoms with Crippen molar-refractivity contribution >= 4 is 5.97 Å². The number of aliphatic hydroxyl groups excluding tert-OH is 3. The Labute approximate surface area is 198 Å². The molecule has 5 N–H and O–H groups in total. The Bertz CT molecular complexity index is 1020. The maximum atomic E-state index is 11.3. The number of hydrogen-bond acceptors (Lipinski definition) is 7. The summed E-state index contributed by atoms with van der Waals surface area (Å²) >= 11 is 0. The van der Waals surface area contributed by atoms with Crippen LogP contribution in [0, 0.1) is 29.6 Å². The van der Waals surface area contributed by atoms with Crippen LogP contribution in [0.3, 0.4) is 0 Å². The largest absolute Gasteiger partial charge is 0.479 e. The van der Waals surface area contributed by atoms with E-state index >= 15 is 0 Å². The fourth-order valence-electron chi connectivity index (χ4n) is 7.17. The van der Waals surface area contributed by atoms with E-state index in [4.69, 9.17) is 15.9 Å². The third-order valence-electron chi connectivity index (χ3n) is 9.15. The Morgan fingerprint density at radius 3 is 2.62 bits per heavy atom. The zero-order valence-corrected chi connectivity index (χ0v) is 19.1. The third kappa shape index (κ3) is 3.37. The Kier molecular flexibility index (Phi) is 5.70. The van der Waals surface area contributed by atoms with Crippen molar-refractivity contribution in [3.63, 3.8) is 0 Å². The van der Waals surface area contributed by atoms with Gasteiger partial charge in [-0.2, -0.15) is 0 Å². The first-order valence-corrected chi connectivity index (χ1v) is 12.0. The number of carbonyl (C=O) groups is 1. The molecule has 34 heavy (non-hydrogen) atoms. The fourth-order valence-corrected chi connectivity index (χ4v) is 7.17. The summed E-state index contributed by atoms with van der Waals surface area (Å²) in [4.78, 5) is 11.3. The van der Waals surface area contributed by atoms with Gasteiger partial charge in [0.1, 0.15) is 29.7 Å². The second-order valence-corrected chi connectivity index (χ2v) is 10.6. The number of benzene rings is 1. The normalized spacial score (nSPS) is 45.4. The van der Waals surface area contributed by atoms with Crippen molar-refractivity contribution in [2.45, 2.75) is 87.7 Å². The van der Waals surface area contributed by atoms with E-state index in [1.807, 2.05) is 12.1 Å². The maximum Gasteiger partial charge on any atom is 0.335 e. The summed E-state index contributed by atoms with van der Waals surface area (Å²) in [5.74, 6) is 2.86. The molecule has 0 bridgehead atoms. The molecule has 8 nitrogen and oxygen atoms in total. The molecule has 1 aromatic rings. The van der Waals surface area contributed by atoms with Gasteiger partial charge in [0.25, 0.3) is 0 Å². The van der Waals surface area contributed by atoms with Gasteiger partial charge >= 0.3 is 5.97 Å². The molecule has 4 aliphatic rings. The van der Waals surface area contributed by atoms with Crippen LogP contribution in [0.2, 0.25) is 0 Å². The number of terminal acetylenes is 1. The highest BCUT2D eigenvalue weighted by molar-refractivity contribution is 5.73. The molecule has 2 saturated carbocycles. The van der Waals surface area contributed by atoms with Crippen molar-refractivity contribution in [2.75, 3.05) is 0 Å². The minimum atomic E-state index is -1.76. The third-order valence-corrected chi connectivity index (χ3v) is 9.15. The van der Waals surface area contributed by atoms with E-state index in [0.717, 1.165) is 37.7 Å². The summed E-state index contributed by atoms with van der Waals surface area (Å²) < 4.78 is 11.0. The van der Waals surface area contributed by atoms with Crippen LogP contribution in [0.15, 0.2) is 18.2 Å². The predicted octanol–water partition coefficient (Wildman–Crippen LogP) is 1.18. The topological polar surface area (TPSA) is 137 Å². The number of carboxylic acid groups (broad SMARTS) is 1. The van der Waals surface area contributed by atoms with Gasteiger partial charge in [0, 0.05) is 5.41 Å². The lowest BCUT2D eigenvalue weighted by atomic mass is 9.53. The summed E-state index contributed by atoms with van der Waals surface area (Å²) in [5.41, 5.74) is 1.09. The van der Waals surface area contributed by atoms with Gasteiger partial charge in [0.05, 0.1) is 0 Å². The van der Waals surface area contributed by atoms with Gasteiger partial charge in [-0.05, 0) is 79.5 Å². The number of fused-ring (bicyclic) bond motifs is 5. The molecule has 3 aliphatic carbocycles. The number of aryl methyl sites for hydroxylation is 1. The highest BCUT2D eigenvalue weighted by atomic mass is 16.7. The molecular weight excluding hydrogens is 440 g/mol. The minimum absolute atomic E-state index is 0.260. The molecule has 5 rings (SSSR count). The summed E-state index contributed by atoms with van der Waals surface area (Å²) in [6.45, 7) is 2.15. The van der Waals surface area contributed by atoms with Gasteiger partial charge < -0.3 is 35.0 Å². The molecule has 0 spiro atoms. The van der Waals surface area contributed by atoms with Crippen molar-refractivity contribution in [2.24, 2.45) is 17.3 Å².